The van der Waals surface area contributed by atoms with Crippen LogP contribution in [-0.2, 0) is 23.1 Å². The molecule has 1 heterocycles. The van der Waals surface area contributed by atoms with E-state index in [1.54, 1.807) is 0 Å². The van der Waals surface area contributed by atoms with E-state index in [0.717, 1.165) is 6.21 Å². The summed E-state index contributed by atoms with van der Waals surface area (Å²) >= 11 is 0. The Morgan fingerprint density at radius 2 is 1.57 bits per heavy atom. The van der Waals surface area contributed by atoms with Crippen molar-refractivity contribution in [3.8, 4) is 0 Å². The molecule has 0 spiro atoms. The molecule has 1 fully saturated rings. The number of carbonyl (C=O) groups excluding carboxylic acids is 1. The highest BCUT2D eigenvalue weighted by Gasteiger charge is 2.50. The van der Waals surface area contributed by atoms with E-state index in [2.05, 4.69) is 72.5 Å². The van der Waals surface area contributed by atoms with Crippen LogP contribution in [0.3, 0.4) is 0 Å². The first-order chi connectivity index (χ1) is 12.5. The Morgan fingerprint density at radius 3 is 2.04 bits per heavy atom. The summed E-state index contributed by atoms with van der Waals surface area (Å²) in [5, 5.41) is 0.0958. The Bertz CT molecular complexity index is 604. The second-order valence-corrected chi connectivity index (χ2v) is 20.0. The fraction of sp³-hybridized carbons (Fsp3) is 0.895. The molecule has 0 aromatic rings. The van der Waals surface area contributed by atoms with Crippen LogP contribution < -0.4 is 0 Å². The van der Waals surface area contributed by atoms with Gasteiger partial charge in [-0.1, -0.05) is 41.5 Å². The molecule has 1 aliphatic rings. The Kier molecular flexibility index (Phi) is 8.00. The van der Waals surface area contributed by atoms with Gasteiger partial charge < -0.3 is 23.9 Å². The lowest BCUT2D eigenvalue weighted by Crippen LogP contribution is -2.53. The van der Waals surface area contributed by atoms with Crippen LogP contribution in [-0.4, -0.2) is 65.1 Å². The minimum Gasteiger partial charge on any atom is -0.454 e. The van der Waals surface area contributed by atoms with Gasteiger partial charge in [0.25, 0.3) is 0 Å². The summed E-state index contributed by atoms with van der Waals surface area (Å²) in [7, 11) is -4.12. The second kappa shape index (κ2) is 8.89. The Balaban J connectivity index is 3.05. The van der Waals surface area contributed by atoms with Crippen molar-refractivity contribution in [2.75, 3.05) is 13.2 Å². The minimum atomic E-state index is -2.10. The fourth-order valence-corrected chi connectivity index (χ4v) is 5.01. The lowest BCUT2D eigenvalue weighted by Gasteiger charge is -2.43. The van der Waals surface area contributed by atoms with Gasteiger partial charge in [-0.3, -0.25) is 0 Å². The fourth-order valence-electron chi connectivity index (χ4n) is 2.36. The molecule has 0 aromatic heterocycles. The molecule has 1 rings (SSSR count). The average molecular weight is 431 g/mol. The Morgan fingerprint density at radius 1 is 1.07 bits per heavy atom. The van der Waals surface area contributed by atoms with E-state index in [4.69, 9.17) is 23.9 Å². The molecule has 7 nitrogen and oxygen atoms in total. The zero-order valence-corrected chi connectivity index (χ0v) is 21.2. The van der Waals surface area contributed by atoms with Gasteiger partial charge in [0, 0.05) is 0 Å². The van der Waals surface area contributed by atoms with E-state index in [1.165, 1.54) is 0 Å². The summed E-state index contributed by atoms with van der Waals surface area (Å²) in [6.07, 6.45) is -0.207. The van der Waals surface area contributed by atoms with E-state index in [-0.39, 0.29) is 28.9 Å². The largest absolute Gasteiger partial charge is 0.454 e. The van der Waals surface area contributed by atoms with Crippen molar-refractivity contribution in [2.45, 2.75) is 96.1 Å². The maximum absolute atomic E-state index is 11.5. The lowest BCUT2D eigenvalue weighted by atomic mass is 10.2. The molecule has 0 amide bonds. The zero-order valence-electron chi connectivity index (χ0n) is 19.2. The number of esters is 1. The maximum Gasteiger partial charge on any atom is 0.413 e. The first-order valence-corrected chi connectivity index (χ1v) is 15.6. The lowest BCUT2D eigenvalue weighted by molar-refractivity contribution is -0.143. The molecule has 1 aliphatic heterocycles. The van der Waals surface area contributed by atoms with Crippen LogP contribution >= 0.6 is 0 Å². The maximum atomic E-state index is 11.5. The van der Waals surface area contributed by atoms with Crippen molar-refractivity contribution in [2.24, 2.45) is 0 Å². The zero-order chi connectivity index (χ0) is 22.0. The Labute approximate surface area is 172 Å². The van der Waals surface area contributed by atoms with Gasteiger partial charge in [0.2, 0.25) is 0 Å². The van der Waals surface area contributed by atoms with Gasteiger partial charge in [0.15, 0.2) is 16.6 Å². The topological polar surface area (TPSA) is 90.4 Å². The second-order valence-electron chi connectivity index (χ2n) is 10.5. The van der Waals surface area contributed by atoms with Crippen molar-refractivity contribution >= 4 is 28.8 Å². The van der Waals surface area contributed by atoms with Crippen molar-refractivity contribution in [3.63, 3.8) is 0 Å². The van der Waals surface area contributed by atoms with Crippen LogP contribution in [0.1, 0.15) is 41.5 Å². The first-order valence-electron chi connectivity index (χ1n) is 9.83. The van der Waals surface area contributed by atoms with Crippen LogP contribution in [0.15, 0.2) is 0 Å². The molecule has 3 atom stereocenters. The van der Waals surface area contributed by atoms with Gasteiger partial charge in [0.1, 0.15) is 18.8 Å². The third-order valence-electron chi connectivity index (χ3n) is 6.25. The van der Waals surface area contributed by atoms with Crippen LogP contribution in [0.25, 0.3) is 5.53 Å². The number of nitrogens with zero attached hydrogens (tertiary/aromatic N) is 2. The Hall–Kier alpha value is -0.836. The molecule has 0 N–H and O–H groups in total. The standard InChI is InChI=1S/C19H38N2O5Si2/c1-18(2,3)27(7,8)25-15-13-23-14(12-24-16(22)11-21-20)17(15)26-28(9,10)19(4,5)6/h11,14-15,17H,12-13H2,1-10H3/t14-,15-,17-/m1/s1. The van der Waals surface area contributed by atoms with Gasteiger partial charge in [-0.25, -0.2) is 4.79 Å². The third kappa shape index (κ3) is 6.33. The summed E-state index contributed by atoms with van der Waals surface area (Å²) < 4.78 is 24.4. The monoisotopic (exact) mass is 430 g/mol. The molecule has 0 saturated carbocycles. The molecule has 162 valence electrons. The van der Waals surface area contributed by atoms with E-state index >= 15 is 0 Å². The van der Waals surface area contributed by atoms with E-state index in [0.29, 0.717) is 6.61 Å². The summed E-state index contributed by atoms with van der Waals surface area (Å²) in [6.45, 7) is 22.4. The van der Waals surface area contributed by atoms with Crippen LogP contribution in [0, 0.1) is 0 Å². The van der Waals surface area contributed by atoms with E-state index < -0.39 is 28.7 Å². The molecule has 9 heteroatoms. The molecule has 1 saturated heterocycles. The molecule has 28 heavy (non-hydrogen) atoms. The molecule has 0 aromatic carbocycles. The van der Waals surface area contributed by atoms with Gasteiger partial charge in [-0.2, -0.15) is 4.79 Å². The van der Waals surface area contributed by atoms with Crippen molar-refractivity contribution in [1.29, 1.82) is 0 Å². The molecular weight excluding hydrogens is 392 g/mol. The summed E-state index contributed by atoms with van der Waals surface area (Å²) in [5.41, 5.74) is 8.47. The van der Waals surface area contributed by atoms with Gasteiger partial charge in [-0.05, 0) is 36.3 Å². The predicted octanol–water partition coefficient (Wildman–Crippen LogP) is 4.01. The molecule has 0 radical (unpaired) electrons. The summed E-state index contributed by atoms with van der Waals surface area (Å²) in [6, 6.07) is 0. The van der Waals surface area contributed by atoms with Gasteiger partial charge >= 0.3 is 12.2 Å². The highest BCUT2D eigenvalue weighted by molar-refractivity contribution is 6.74. The number of hydrogen-bond donors (Lipinski definition) is 0. The van der Waals surface area contributed by atoms with Crippen LogP contribution in [0.5, 0.6) is 0 Å². The normalized spacial score (nSPS) is 24.0. The average Bonchev–Trinajstić information content (AvgIpc) is 2.84. The van der Waals surface area contributed by atoms with E-state index in [9.17, 15) is 4.79 Å². The summed E-state index contributed by atoms with van der Waals surface area (Å²) in [5.74, 6) is -0.717. The number of ether oxygens (including phenoxy) is 2. The number of hydrogen-bond acceptors (Lipinski definition) is 5. The van der Waals surface area contributed by atoms with Crippen molar-refractivity contribution in [1.82, 2.24) is 0 Å². The molecular formula is C19H38N2O5Si2. The first kappa shape index (κ1) is 25.2. The highest BCUT2D eigenvalue weighted by Crippen LogP contribution is 2.42. The molecule has 0 unspecified atom stereocenters. The van der Waals surface area contributed by atoms with E-state index in [1.807, 2.05) is 0 Å². The smallest absolute Gasteiger partial charge is 0.413 e. The molecule has 0 bridgehead atoms. The third-order valence-corrected chi connectivity index (χ3v) is 15.2. The van der Waals surface area contributed by atoms with Crippen molar-refractivity contribution in [3.05, 3.63) is 5.53 Å². The number of carbonyl (C=O) groups is 1. The van der Waals surface area contributed by atoms with Gasteiger partial charge in [0.05, 0.1) is 12.7 Å². The molecule has 0 aliphatic carbocycles. The van der Waals surface area contributed by atoms with Crippen LogP contribution in [0.4, 0.5) is 0 Å². The highest BCUT2D eigenvalue weighted by atomic mass is 28.4. The summed E-state index contributed by atoms with van der Waals surface area (Å²) in [4.78, 5) is 14.2. The van der Waals surface area contributed by atoms with Crippen molar-refractivity contribution < 1.29 is 27.9 Å². The number of rotatable bonds is 7. The van der Waals surface area contributed by atoms with Crippen LogP contribution in [0.2, 0.25) is 36.3 Å². The predicted molar refractivity (Wildman–Crippen MR) is 115 cm³/mol. The minimum absolute atomic E-state index is 0.0293. The SMILES string of the molecule is CC(C)(C)[Si](C)(C)O[C@@H]1[C@@H](COC(=O)C=[N+]=[N-])OC[C@H]1O[Si](C)(C)C(C)(C)C. The van der Waals surface area contributed by atoms with Gasteiger partial charge in [-0.15, -0.1) is 0 Å². The quantitative estimate of drug-likeness (QED) is 0.200.